The van der Waals surface area contributed by atoms with Crippen LogP contribution in [-0.2, 0) is 0 Å². The van der Waals surface area contributed by atoms with E-state index < -0.39 is 0 Å². The summed E-state index contributed by atoms with van der Waals surface area (Å²) in [6.45, 7) is 3.96. The van der Waals surface area contributed by atoms with Crippen molar-refractivity contribution in [2.24, 2.45) is 0 Å². The molecule has 4 nitrogen and oxygen atoms in total. The van der Waals surface area contributed by atoms with Crippen LogP contribution in [0.3, 0.4) is 0 Å². The van der Waals surface area contributed by atoms with Crippen molar-refractivity contribution in [2.45, 2.75) is 13.8 Å². The van der Waals surface area contributed by atoms with Crippen LogP contribution in [0.15, 0.2) is 120 Å². The van der Waals surface area contributed by atoms with Gasteiger partial charge in [-0.2, -0.15) is 0 Å². The molecule has 0 aliphatic heterocycles. The van der Waals surface area contributed by atoms with Gasteiger partial charge in [0.1, 0.15) is 5.82 Å². The van der Waals surface area contributed by atoms with Gasteiger partial charge in [-0.25, -0.2) is 4.98 Å². The van der Waals surface area contributed by atoms with Crippen LogP contribution >= 0.6 is 0 Å². The van der Waals surface area contributed by atoms with Crippen molar-refractivity contribution < 1.29 is 0 Å². The molecule has 5 aromatic carbocycles. The maximum atomic E-state index is 13.5. The average Bonchev–Trinajstić information content (AvgIpc) is 3.56. The van der Waals surface area contributed by atoms with Gasteiger partial charge in [-0.05, 0) is 73.0 Å². The van der Waals surface area contributed by atoms with E-state index in [-0.39, 0.29) is 5.56 Å². The lowest BCUT2D eigenvalue weighted by Crippen LogP contribution is -2.18. The zero-order valence-corrected chi connectivity index (χ0v) is 22.2. The summed E-state index contributed by atoms with van der Waals surface area (Å²) >= 11 is 0. The lowest BCUT2D eigenvalue weighted by Gasteiger charge is -2.11. The molecule has 0 saturated carbocycles. The van der Waals surface area contributed by atoms with Crippen LogP contribution in [0.2, 0.25) is 0 Å². The largest absolute Gasteiger partial charge is 0.309 e. The van der Waals surface area contributed by atoms with Crippen molar-refractivity contribution in [3.8, 4) is 28.2 Å². The number of para-hydroxylation sites is 2. The predicted octanol–water partition coefficient (Wildman–Crippen LogP) is 8.33. The van der Waals surface area contributed by atoms with E-state index in [4.69, 9.17) is 4.98 Å². The fraction of sp³-hybridized carbons (Fsp3) is 0.0556. The van der Waals surface area contributed by atoms with Crippen LogP contribution in [0.5, 0.6) is 0 Å². The Labute approximate surface area is 230 Å². The molecule has 0 aliphatic rings. The molecule has 0 unspecified atom stereocenters. The quantitative estimate of drug-likeness (QED) is 0.237. The molecule has 0 fully saturated rings. The van der Waals surface area contributed by atoms with Crippen LogP contribution in [0.4, 0.5) is 0 Å². The van der Waals surface area contributed by atoms with E-state index in [1.165, 1.54) is 21.8 Å². The van der Waals surface area contributed by atoms with Crippen molar-refractivity contribution in [3.63, 3.8) is 0 Å². The first-order valence-corrected chi connectivity index (χ1v) is 13.5. The van der Waals surface area contributed by atoms with Crippen molar-refractivity contribution in [2.75, 3.05) is 0 Å². The minimum atomic E-state index is -0.00533. The molecule has 190 valence electrons. The summed E-state index contributed by atoms with van der Waals surface area (Å²) in [6.07, 6.45) is 0. The van der Waals surface area contributed by atoms with E-state index in [2.05, 4.69) is 83.4 Å². The van der Waals surface area contributed by atoms with Gasteiger partial charge >= 0.3 is 0 Å². The average molecular weight is 516 g/mol. The number of aromatic nitrogens is 3. The maximum Gasteiger partial charge on any atom is 0.260 e. The van der Waals surface area contributed by atoms with Crippen molar-refractivity contribution >= 4 is 38.2 Å². The van der Waals surface area contributed by atoms with Gasteiger partial charge in [-0.3, -0.25) is 9.20 Å². The Morgan fingerprint density at radius 3 is 2.05 bits per heavy atom. The number of aryl methyl sites for hydroxylation is 1. The lowest BCUT2D eigenvalue weighted by molar-refractivity contribution is 1.07. The number of nitrogens with zero attached hydrogens (tertiary/aromatic N) is 3. The molecule has 4 heteroatoms. The maximum absolute atomic E-state index is 13.5. The lowest BCUT2D eigenvalue weighted by atomic mass is 9.97. The number of benzene rings is 5. The van der Waals surface area contributed by atoms with Gasteiger partial charge in [0, 0.05) is 33.0 Å². The van der Waals surface area contributed by atoms with Gasteiger partial charge in [0.05, 0.1) is 22.1 Å². The highest BCUT2D eigenvalue weighted by atomic mass is 16.1. The Balaban J connectivity index is 1.41. The van der Waals surface area contributed by atoms with E-state index in [9.17, 15) is 4.79 Å². The number of imidazole rings is 1. The first-order valence-electron chi connectivity index (χ1n) is 13.5. The third kappa shape index (κ3) is 3.13. The highest BCUT2D eigenvalue weighted by Gasteiger charge is 2.20. The summed E-state index contributed by atoms with van der Waals surface area (Å²) in [7, 11) is 0. The number of hydrogen-bond donors (Lipinski definition) is 0. The van der Waals surface area contributed by atoms with Gasteiger partial charge in [0.2, 0.25) is 0 Å². The standard InChI is InChI=1S/C36H25N3O/c1-22-23(2)36(40)39-34-29(22)20-26(21-31(34)37-35(39)24-11-5-3-6-12-24)25-17-18-33-30(19-25)28-15-9-10-16-32(28)38(33)27-13-7-4-8-14-27/h3-21H,1-2H3. The zero-order chi connectivity index (χ0) is 27.0. The smallest absolute Gasteiger partial charge is 0.260 e. The van der Waals surface area contributed by atoms with E-state index in [0.717, 1.165) is 49.9 Å². The Morgan fingerprint density at radius 1 is 0.575 bits per heavy atom. The monoisotopic (exact) mass is 515 g/mol. The molecular weight excluding hydrogens is 490 g/mol. The van der Waals surface area contributed by atoms with Gasteiger partial charge in [-0.1, -0.05) is 72.8 Å². The molecule has 3 aromatic heterocycles. The summed E-state index contributed by atoms with van der Waals surface area (Å²) in [5.74, 6) is 0.687. The number of fused-ring (bicyclic) bond motifs is 3. The van der Waals surface area contributed by atoms with E-state index in [0.29, 0.717) is 5.82 Å². The predicted molar refractivity (Wildman–Crippen MR) is 165 cm³/mol. The molecule has 8 aromatic rings. The topological polar surface area (TPSA) is 39.3 Å². The third-order valence-corrected chi connectivity index (χ3v) is 8.29. The highest BCUT2D eigenvalue weighted by Crippen LogP contribution is 2.37. The Bertz CT molecular complexity index is 2290. The van der Waals surface area contributed by atoms with Gasteiger partial charge < -0.3 is 4.57 Å². The van der Waals surface area contributed by atoms with Crippen molar-refractivity contribution in [1.82, 2.24) is 14.0 Å². The highest BCUT2D eigenvalue weighted by molar-refractivity contribution is 6.11. The van der Waals surface area contributed by atoms with Crippen LogP contribution < -0.4 is 5.56 Å². The summed E-state index contributed by atoms with van der Waals surface area (Å²) in [4.78, 5) is 18.5. The Kier molecular flexibility index (Phi) is 4.77. The van der Waals surface area contributed by atoms with Crippen molar-refractivity contribution in [1.29, 1.82) is 0 Å². The number of rotatable bonds is 3. The molecule has 0 radical (unpaired) electrons. The molecule has 3 heterocycles. The normalized spacial score (nSPS) is 11.8. The summed E-state index contributed by atoms with van der Waals surface area (Å²) in [6, 6.07) is 40.1. The number of pyridine rings is 1. The van der Waals surface area contributed by atoms with Crippen LogP contribution in [0, 0.1) is 13.8 Å². The van der Waals surface area contributed by atoms with Crippen LogP contribution in [-0.4, -0.2) is 14.0 Å². The minimum Gasteiger partial charge on any atom is -0.309 e. The Morgan fingerprint density at radius 2 is 1.25 bits per heavy atom. The molecule has 8 rings (SSSR count). The molecule has 0 atom stereocenters. The van der Waals surface area contributed by atoms with E-state index in [1.807, 2.05) is 50.2 Å². The molecular formula is C36H25N3O. The third-order valence-electron chi connectivity index (χ3n) is 8.29. The van der Waals surface area contributed by atoms with E-state index in [1.54, 1.807) is 4.40 Å². The zero-order valence-electron chi connectivity index (χ0n) is 22.2. The molecule has 0 aliphatic carbocycles. The molecule has 0 spiro atoms. The number of hydrogen-bond acceptors (Lipinski definition) is 2. The fourth-order valence-electron chi connectivity index (χ4n) is 6.18. The molecule has 0 amide bonds. The first kappa shape index (κ1) is 22.7. The minimum absolute atomic E-state index is 0.00533. The molecule has 0 saturated heterocycles. The van der Waals surface area contributed by atoms with E-state index >= 15 is 0 Å². The summed E-state index contributed by atoms with van der Waals surface area (Å²) < 4.78 is 4.12. The second-order valence-corrected chi connectivity index (χ2v) is 10.5. The molecule has 0 N–H and O–H groups in total. The Hall–Kier alpha value is -5.22. The first-order chi connectivity index (χ1) is 19.6. The van der Waals surface area contributed by atoms with Gasteiger partial charge in [0.15, 0.2) is 0 Å². The van der Waals surface area contributed by atoms with Crippen LogP contribution in [0.1, 0.15) is 11.1 Å². The second-order valence-electron chi connectivity index (χ2n) is 10.5. The SMILES string of the molecule is Cc1c(C)c2cc(-c3ccc4c(c3)c3ccccc3n4-c3ccccc3)cc3nc(-c4ccccc4)n(c1=O)c32. The van der Waals surface area contributed by atoms with Crippen LogP contribution in [0.25, 0.3) is 66.4 Å². The second kappa shape index (κ2) is 8.39. The summed E-state index contributed by atoms with van der Waals surface area (Å²) in [5.41, 5.74) is 10.1. The van der Waals surface area contributed by atoms with Gasteiger partial charge in [-0.15, -0.1) is 0 Å². The molecule has 40 heavy (non-hydrogen) atoms. The molecule has 0 bridgehead atoms. The van der Waals surface area contributed by atoms with Crippen molar-refractivity contribution in [3.05, 3.63) is 137 Å². The van der Waals surface area contributed by atoms with Gasteiger partial charge in [0.25, 0.3) is 5.56 Å². The summed E-state index contributed by atoms with van der Waals surface area (Å²) in [5, 5.41) is 3.49. The fourth-order valence-corrected chi connectivity index (χ4v) is 6.18.